The molecule has 0 spiro atoms. The highest BCUT2D eigenvalue weighted by Crippen LogP contribution is 2.56. The molecule has 9 heteroatoms. The number of aliphatic hydroxyl groups is 4. The lowest BCUT2D eigenvalue weighted by atomic mass is 9.56. The van der Waals surface area contributed by atoms with Gasteiger partial charge in [-0.1, -0.05) is 38.1 Å². The molecule has 0 radical (unpaired) electrons. The fraction of sp³-hybridized carbons (Fsp3) is 0.481. The van der Waals surface area contributed by atoms with Crippen molar-refractivity contribution in [2.75, 3.05) is 6.61 Å². The van der Waals surface area contributed by atoms with Crippen molar-refractivity contribution in [2.24, 2.45) is 5.41 Å². The predicted octanol–water partition coefficient (Wildman–Crippen LogP) is 2.24. The number of carbonyl (C=O) groups is 1. The van der Waals surface area contributed by atoms with Crippen LogP contribution in [-0.4, -0.2) is 65.3 Å². The van der Waals surface area contributed by atoms with Crippen LogP contribution in [0.15, 0.2) is 53.3 Å². The summed E-state index contributed by atoms with van der Waals surface area (Å²) >= 11 is 0. The average molecular weight is 502 g/mol. The van der Waals surface area contributed by atoms with E-state index in [-0.39, 0.29) is 12.0 Å². The predicted molar refractivity (Wildman–Crippen MR) is 136 cm³/mol. The van der Waals surface area contributed by atoms with E-state index in [1.807, 2.05) is 0 Å². The first-order chi connectivity index (χ1) is 16.4. The smallest absolute Gasteiger partial charge is 0.323 e. The molecule has 2 aromatic carbocycles. The summed E-state index contributed by atoms with van der Waals surface area (Å²) in [5.74, 6) is -2.60. The lowest BCUT2D eigenvalue weighted by Crippen LogP contribution is -2.80. The first-order valence-electron chi connectivity index (χ1n) is 11.7. The van der Waals surface area contributed by atoms with Gasteiger partial charge in [-0.25, -0.2) is 0 Å². The zero-order valence-corrected chi connectivity index (χ0v) is 21.4. The number of pyridine rings is 1. The SMILES string of the molecule is CC1(C)[C@](C)(O)[C@](C)(O)C(C)(CO)O[C@@]1(C)O.O=C(O)Cn1c2ccccc2c(=O)c2ccccc21. The van der Waals surface area contributed by atoms with Gasteiger partial charge < -0.3 is 34.8 Å². The molecule has 5 N–H and O–H groups in total. The molecule has 2 heterocycles. The summed E-state index contributed by atoms with van der Waals surface area (Å²) in [5, 5.41) is 51.1. The number of ether oxygens (including phenoxy) is 1. The first-order valence-corrected chi connectivity index (χ1v) is 11.7. The number of aliphatic hydroxyl groups excluding tert-OH is 1. The number of para-hydroxylation sites is 2. The molecule has 196 valence electrons. The molecular formula is C27H35NO8. The highest BCUT2D eigenvalue weighted by Gasteiger charge is 2.72. The molecule has 1 aliphatic heterocycles. The molecule has 4 atom stereocenters. The molecule has 3 aromatic rings. The van der Waals surface area contributed by atoms with E-state index in [0.717, 1.165) is 0 Å². The number of hydrogen-bond donors (Lipinski definition) is 5. The number of benzene rings is 2. The Labute approximate surface area is 209 Å². The molecule has 1 aromatic heterocycles. The second-order valence-electron chi connectivity index (χ2n) is 10.6. The van der Waals surface area contributed by atoms with Crippen LogP contribution in [-0.2, 0) is 16.1 Å². The number of aromatic nitrogens is 1. The van der Waals surface area contributed by atoms with Gasteiger partial charge in [0.25, 0.3) is 0 Å². The normalized spacial score (nSPS) is 31.6. The molecule has 0 bridgehead atoms. The monoisotopic (exact) mass is 501 g/mol. The maximum absolute atomic E-state index is 12.4. The first kappa shape index (κ1) is 27.8. The molecule has 0 saturated carbocycles. The van der Waals surface area contributed by atoms with Gasteiger partial charge in [-0.3, -0.25) is 9.59 Å². The topological polar surface area (TPSA) is 149 Å². The Kier molecular flexibility index (Phi) is 6.89. The number of carboxylic acids is 1. The summed E-state index contributed by atoms with van der Waals surface area (Å²) in [5.41, 5.74) is -4.68. The number of aliphatic carboxylic acids is 1. The summed E-state index contributed by atoms with van der Waals surface area (Å²) in [6.07, 6.45) is 0. The van der Waals surface area contributed by atoms with E-state index < -0.39 is 40.6 Å². The molecular weight excluding hydrogens is 466 g/mol. The van der Waals surface area contributed by atoms with Gasteiger partial charge in [-0.05, 0) is 52.0 Å². The van der Waals surface area contributed by atoms with Crippen LogP contribution in [0.3, 0.4) is 0 Å². The van der Waals surface area contributed by atoms with Gasteiger partial charge in [0.15, 0.2) is 11.2 Å². The van der Waals surface area contributed by atoms with Gasteiger partial charge in [0.1, 0.15) is 23.3 Å². The van der Waals surface area contributed by atoms with Crippen molar-refractivity contribution in [2.45, 2.75) is 70.7 Å². The van der Waals surface area contributed by atoms with E-state index in [4.69, 9.17) is 9.84 Å². The third-order valence-corrected chi connectivity index (χ3v) is 8.25. The van der Waals surface area contributed by atoms with Crippen molar-refractivity contribution in [3.63, 3.8) is 0 Å². The average Bonchev–Trinajstić information content (AvgIpc) is 2.80. The minimum absolute atomic E-state index is 0.0622. The zero-order chi connectivity index (χ0) is 27.3. The third kappa shape index (κ3) is 4.01. The van der Waals surface area contributed by atoms with E-state index in [0.29, 0.717) is 21.8 Å². The zero-order valence-electron chi connectivity index (χ0n) is 21.4. The van der Waals surface area contributed by atoms with Gasteiger partial charge in [-0.15, -0.1) is 0 Å². The van der Waals surface area contributed by atoms with Gasteiger partial charge >= 0.3 is 5.97 Å². The van der Waals surface area contributed by atoms with Crippen molar-refractivity contribution in [3.05, 3.63) is 58.8 Å². The van der Waals surface area contributed by atoms with Crippen molar-refractivity contribution >= 4 is 27.8 Å². The Hall–Kier alpha value is -2.82. The Morgan fingerprint density at radius 3 is 1.69 bits per heavy atom. The van der Waals surface area contributed by atoms with Gasteiger partial charge in [-0.2, -0.15) is 0 Å². The van der Waals surface area contributed by atoms with Crippen LogP contribution in [0.1, 0.15) is 41.5 Å². The van der Waals surface area contributed by atoms with Crippen LogP contribution < -0.4 is 5.43 Å². The van der Waals surface area contributed by atoms with Crippen LogP contribution in [0.5, 0.6) is 0 Å². The molecule has 1 fully saturated rings. The lowest BCUT2D eigenvalue weighted by molar-refractivity contribution is -0.434. The summed E-state index contributed by atoms with van der Waals surface area (Å²) in [6.45, 7) is 8.27. The van der Waals surface area contributed by atoms with Gasteiger partial charge in [0, 0.05) is 16.2 Å². The van der Waals surface area contributed by atoms with Gasteiger partial charge in [0.05, 0.1) is 17.6 Å². The van der Waals surface area contributed by atoms with E-state index >= 15 is 0 Å². The number of hydrogen-bond acceptors (Lipinski definition) is 7. The lowest BCUT2D eigenvalue weighted by Gasteiger charge is -2.65. The third-order valence-electron chi connectivity index (χ3n) is 8.25. The maximum Gasteiger partial charge on any atom is 0.323 e. The fourth-order valence-electron chi connectivity index (χ4n) is 4.81. The van der Waals surface area contributed by atoms with E-state index in [2.05, 4.69) is 0 Å². The summed E-state index contributed by atoms with van der Waals surface area (Å²) in [6, 6.07) is 14.2. The van der Waals surface area contributed by atoms with Crippen molar-refractivity contribution in [1.82, 2.24) is 4.57 Å². The molecule has 1 unspecified atom stereocenters. The molecule has 4 rings (SSSR count). The van der Waals surface area contributed by atoms with Crippen LogP contribution in [0.25, 0.3) is 21.8 Å². The molecule has 0 amide bonds. The minimum atomic E-state index is -1.71. The summed E-state index contributed by atoms with van der Waals surface area (Å²) in [4.78, 5) is 23.4. The summed E-state index contributed by atoms with van der Waals surface area (Å²) < 4.78 is 7.13. The fourth-order valence-corrected chi connectivity index (χ4v) is 4.81. The van der Waals surface area contributed by atoms with Crippen LogP contribution in [0.4, 0.5) is 0 Å². The van der Waals surface area contributed by atoms with Crippen molar-refractivity contribution < 1.29 is 35.1 Å². The number of rotatable bonds is 3. The molecule has 0 aliphatic carbocycles. The molecule has 1 saturated heterocycles. The quantitative estimate of drug-likeness (QED) is 0.343. The number of nitrogens with zero attached hydrogens (tertiary/aromatic N) is 1. The minimum Gasteiger partial charge on any atom is -0.480 e. The molecule has 1 aliphatic rings. The second kappa shape index (κ2) is 8.93. The Morgan fingerprint density at radius 2 is 1.28 bits per heavy atom. The molecule has 9 nitrogen and oxygen atoms in total. The number of fused-ring (bicyclic) bond motifs is 2. The van der Waals surface area contributed by atoms with Gasteiger partial charge in [0.2, 0.25) is 0 Å². The van der Waals surface area contributed by atoms with Crippen molar-refractivity contribution in [3.8, 4) is 0 Å². The standard InChI is InChI=1S/C15H11NO3.C12H24O5/c17-14(18)9-16-12-7-3-1-5-10(12)15(19)11-6-2-4-8-13(11)16;1-8(2)10(4,14)11(5,15)9(3,7-13)17-12(8,6)16/h1-8H,9H2,(H,17,18);13-16H,7H2,1-6H3/t;9?,10-,11+,12+/m.0/s1. The highest BCUT2D eigenvalue weighted by atomic mass is 16.7. The van der Waals surface area contributed by atoms with Crippen molar-refractivity contribution in [1.29, 1.82) is 0 Å². The molecule has 36 heavy (non-hydrogen) atoms. The Morgan fingerprint density at radius 1 is 0.833 bits per heavy atom. The Balaban J connectivity index is 0.000000202. The second-order valence-corrected chi connectivity index (χ2v) is 10.6. The number of carboxylic acid groups (broad SMARTS) is 1. The van der Waals surface area contributed by atoms with Crippen LogP contribution in [0, 0.1) is 5.41 Å². The summed E-state index contributed by atoms with van der Waals surface area (Å²) in [7, 11) is 0. The van der Waals surface area contributed by atoms with E-state index in [1.165, 1.54) is 27.7 Å². The van der Waals surface area contributed by atoms with E-state index in [1.54, 1.807) is 66.9 Å². The highest BCUT2D eigenvalue weighted by molar-refractivity contribution is 5.94. The van der Waals surface area contributed by atoms with E-state index in [9.17, 15) is 30.0 Å². The van der Waals surface area contributed by atoms with Crippen LogP contribution in [0.2, 0.25) is 0 Å². The van der Waals surface area contributed by atoms with Crippen LogP contribution >= 0.6 is 0 Å². The largest absolute Gasteiger partial charge is 0.480 e. The maximum atomic E-state index is 12.4. The Bertz CT molecular complexity index is 1290.